The summed E-state index contributed by atoms with van der Waals surface area (Å²) in [6.07, 6.45) is 1.27. The van der Waals surface area contributed by atoms with Gasteiger partial charge in [0.15, 0.2) is 0 Å². The monoisotopic (exact) mass is 194 g/mol. The quantitative estimate of drug-likeness (QED) is 0.414. The molecule has 0 aromatic heterocycles. The summed E-state index contributed by atoms with van der Waals surface area (Å²) < 4.78 is 13.3. The maximum atomic E-state index is 13.3. The normalized spacial score (nSPS) is 10.4. The summed E-state index contributed by atoms with van der Waals surface area (Å²) in [7, 11) is 0. The highest BCUT2D eigenvalue weighted by Gasteiger charge is 2.00. The van der Waals surface area contributed by atoms with Gasteiger partial charge >= 0.3 is 0 Å². The first-order valence-electron chi connectivity index (χ1n) is 3.98. The van der Waals surface area contributed by atoms with Crippen molar-refractivity contribution in [3.63, 3.8) is 0 Å². The Labute approximate surface area is 81.1 Å². The molecule has 4 N–H and O–H groups in total. The molecule has 0 saturated heterocycles. The van der Waals surface area contributed by atoms with Crippen LogP contribution in [-0.4, -0.2) is 12.2 Å². The average molecular weight is 194 g/mol. The molecule has 0 bridgehead atoms. The van der Waals surface area contributed by atoms with Crippen molar-refractivity contribution in [2.24, 2.45) is 21.7 Å². The molecule has 74 valence electrons. The van der Waals surface area contributed by atoms with Gasteiger partial charge in [0.25, 0.3) is 0 Å². The van der Waals surface area contributed by atoms with E-state index in [9.17, 15) is 4.39 Å². The van der Waals surface area contributed by atoms with Crippen LogP contribution >= 0.6 is 0 Å². The summed E-state index contributed by atoms with van der Waals surface area (Å²) in [4.78, 5) is 0. The van der Waals surface area contributed by atoms with Crippen LogP contribution in [0, 0.1) is 12.7 Å². The van der Waals surface area contributed by atoms with Gasteiger partial charge in [0.05, 0.1) is 6.21 Å². The zero-order valence-corrected chi connectivity index (χ0v) is 7.74. The molecule has 1 aromatic rings. The Hall–Kier alpha value is -1.91. The predicted molar refractivity (Wildman–Crippen MR) is 54.5 cm³/mol. The molecule has 5 heteroatoms. The third kappa shape index (κ3) is 2.55. The van der Waals surface area contributed by atoms with Crippen LogP contribution in [0.25, 0.3) is 0 Å². The predicted octanol–water partition coefficient (Wildman–Crippen LogP) is 0.741. The third-order valence-electron chi connectivity index (χ3n) is 1.59. The molecule has 0 aliphatic carbocycles. The van der Waals surface area contributed by atoms with Gasteiger partial charge in [-0.15, -0.1) is 5.10 Å². The standard InChI is InChI=1S/C9H11FN4/c1-6-3-2-4-7(8(6)10)5-13-14-9(11)12/h2-5H,1H3,(H4,11,12,14)/b13-5+. The van der Waals surface area contributed by atoms with Gasteiger partial charge < -0.3 is 11.5 Å². The number of guanidine groups is 1. The Balaban J connectivity index is 2.92. The molecule has 0 fully saturated rings. The lowest BCUT2D eigenvalue weighted by atomic mass is 10.1. The van der Waals surface area contributed by atoms with E-state index in [1.54, 1.807) is 25.1 Å². The first kappa shape index (κ1) is 10.2. The first-order chi connectivity index (χ1) is 6.61. The Morgan fingerprint density at radius 2 is 2.14 bits per heavy atom. The SMILES string of the molecule is Cc1cccc(/C=N/N=C(N)N)c1F. The van der Waals surface area contributed by atoms with Crippen molar-refractivity contribution in [3.8, 4) is 0 Å². The number of hydrogen-bond acceptors (Lipinski definition) is 2. The number of aryl methyl sites for hydroxylation is 1. The Morgan fingerprint density at radius 3 is 2.79 bits per heavy atom. The van der Waals surface area contributed by atoms with Gasteiger partial charge in [-0.2, -0.15) is 5.10 Å². The molecule has 4 nitrogen and oxygen atoms in total. The fourth-order valence-electron chi connectivity index (χ4n) is 0.928. The average Bonchev–Trinajstić information content (AvgIpc) is 2.12. The molecular weight excluding hydrogens is 183 g/mol. The highest BCUT2D eigenvalue weighted by Crippen LogP contribution is 2.09. The summed E-state index contributed by atoms with van der Waals surface area (Å²) >= 11 is 0. The summed E-state index contributed by atoms with van der Waals surface area (Å²) in [5.74, 6) is -0.476. The maximum Gasteiger partial charge on any atom is 0.211 e. The zero-order valence-electron chi connectivity index (χ0n) is 7.74. The van der Waals surface area contributed by atoms with Crippen LogP contribution in [0.5, 0.6) is 0 Å². The highest BCUT2D eigenvalue weighted by atomic mass is 19.1. The lowest BCUT2D eigenvalue weighted by Crippen LogP contribution is -2.21. The van der Waals surface area contributed by atoms with E-state index in [4.69, 9.17) is 11.5 Å². The molecule has 1 rings (SSSR count). The Kier molecular flexibility index (Phi) is 3.17. The topological polar surface area (TPSA) is 76.8 Å². The lowest BCUT2D eigenvalue weighted by Gasteiger charge is -1.97. The largest absolute Gasteiger partial charge is 0.369 e. The fourth-order valence-corrected chi connectivity index (χ4v) is 0.928. The molecular formula is C9H11FN4. The van der Waals surface area contributed by atoms with Crippen molar-refractivity contribution in [1.82, 2.24) is 0 Å². The molecule has 0 saturated carbocycles. The maximum absolute atomic E-state index is 13.3. The molecule has 0 amide bonds. The highest BCUT2D eigenvalue weighted by molar-refractivity contribution is 5.82. The van der Waals surface area contributed by atoms with Gasteiger partial charge in [-0.3, -0.25) is 0 Å². The number of nitrogens with two attached hydrogens (primary N) is 2. The van der Waals surface area contributed by atoms with Crippen molar-refractivity contribution in [2.45, 2.75) is 6.92 Å². The van der Waals surface area contributed by atoms with Gasteiger partial charge in [0, 0.05) is 5.56 Å². The molecule has 0 aliphatic heterocycles. The van der Waals surface area contributed by atoms with Crippen LogP contribution in [0.15, 0.2) is 28.4 Å². The molecule has 0 aliphatic rings. The fraction of sp³-hybridized carbons (Fsp3) is 0.111. The summed E-state index contributed by atoms with van der Waals surface area (Å²) in [5.41, 5.74) is 11.0. The second-order valence-electron chi connectivity index (χ2n) is 2.75. The van der Waals surface area contributed by atoms with E-state index in [0.717, 1.165) is 0 Å². The van der Waals surface area contributed by atoms with Gasteiger partial charge in [0.2, 0.25) is 5.96 Å². The van der Waals surface area contributed by atoms with Crippen LogP contribution in [-0.2, 0) is 0 Å². The van der Waals surface area contributed by atoms with Gasteiger partial charge in [-0.05, 0) is 12.5 Å². The van der Waals surface area contributed by atoms with Crippen molar-refractivity contribution in [1.29, 1.82) is 0 Å². The molecule has 0 radical (unpaired) electrons. The van der Waals surface area contributed by atoms with E-state index in [2.05, 4.69) is 10.2 Å². The minimum Gasteiger partial charge on any atom is -0.369 e. The minimum absolute atomic E-state index is 0.158. The van der Waals surface area contributed by atoms with E-state index in [1.165, 1.54) is 6.21 Å². The van der Waals surface area contributed by atoms with Crippen LogP contribution in [0.2, 0.25) is 0 Å². The van der Waals surface area contributed by atoms with E-state index in [0.29, 0.717) is 11.1 Å². The molecule has 0 unspecified atom stereocenters. The smallest absolute Gasteiger partial charge is 0.211 e. The minimum atomic E-state index is -0.318. The second-order valence-corrected chi connectivity index (χ2v) is 2.75. The van der Waals surface area contributed by atoms with Crippen LogP contribution in [0.4, 0.5) is 4.39 Å². The zero-order chi connectivity index (χ0) is 10.6. The van der Waals surface area contributed by atoms with Crippen molar-refractivity contribution in [3.05, 3.63) is 35.1 Å². The Bertz CT molecular complexity index is 380. The van der Waals surface area contributed by atoms with Gasteiger partial charge in [0.1, 0.15) is 5.82 Å². The molecule has 0 atom stereocenters. The van der Waals surface area contributed by atoms with Gasteiger partial charge in [-0.25, -0.2) is 4.39 Å². The van der Waals surface area contributed by atoms with Crippen LogP contribution in [0.1, 0.15) is 11.1 Å². The molecule has 14 heavy (non-hydrogen) atoms. The Morgan fingerprint density at radius 1 is 1.43 bits per heavy atom. The van der Waals surface area contributed by atoms with E-state index >= 15 is 0 Å². The number of nitrogens with zero attached hydrogens (tertiary/aromatic N) is 2. The lowest BCUT2D eigenvalue weighted by molar-refractivity contribution is 0.616. The van der Waals surface area contributed by atoms with Crippen molar-refractivity contribution >= 4 is 12.2 Å². The molecule has 0 spiro atoms. The number of rotatable bonds is 2. The summed E-state index contributed by atoms with van der Waals surface area (Å²) in [6, 6.07) is 5.00. The molecule has 1 aromatic carbocycles. The summed E-state index contributed by atoms with van der Waals surface area (Å²) in [6.45, 7) is 1.67. The van der Waals surface area contributed by atoms with Gasteiger partial charge in [-0.1, -0.05) is 18.2 Å². The van der Waals surface area contributed by atoms with Crippen molar-refractivity contribution in [2.75, 3.05) is 0 Å². The van der Waals surface area contributed by atoms with Crippen LogP contribution in [0.3, 0.4) is 0 Å². The number of halogens is 1. The number of benzene rings is 1. The summed E-state index contributed by atoms with van der Waals surface area (Å²) in [5, 5.41) is 6.88. The third-order valence-corrected chi connectivity index (χ3v) is 1.59. The molecule has 0 heterocycles. The first-order valence-corrected chi connectivity index (χ1v) is 3.98. The number of hydrogen-bond donors (Lipinski definition) is 2. The van der Waals surface area contributed by atoms with Crippen molar-refractivity contribution < 1.29 is 4.39 Å². The van der Waals surface area contributed by atoms with E-state index in [-0.39, 0.29) is 11.8 Å². The second kappa shape index (κ2) is 4.36. The van der Waals surface area contributed by atoms with Crippen LogP contribution < -0.4 is 11.5 Å². The van der Waals surface area contributed by atoms with E-state index in [1.807, 2.05) is 0 Å². The van der Waals surface area contributed by atoms with E-state index < -0.39 is 0 Å².